The number of urea groups is 1. The van der Waals surface area contributed by atoms with Crippen molar-refractivity contribution in [3.05, 3.63) is 35.4 Å². The van der Waals surface area contributed by atoms with Crippen LogP contribution in [0.25, 0.3) is 0 Å². The average Bonchev–Trinajstić information content (AvgIpc) is 2.64. The number of carbonyl (C=O) groups is 1. The lowest BCUT2D eigenvalue weighted by molar-refractivity contribution is 0.188. The van der Waals surface area contributed by atoms with E-state index >= 15 is 0 Å². The highest BCUT2D eigenvalue weighted by Crippen LogP contribution is 2.24. The van der Waals surface area contributed by atoms with Gasteiger partial charge in [-0.3, -0.25) is 4.99 Å². The van der Waals surface area contributed by atoms with Crippen molar-refractivity contribution in [1.82, 2.24) is 20.4 Å². The third-order valence-corrected chi connectivity index (χ3v) is 4.87. The summed E-state index contributed by atoms with van der Waals surface area (Å²) in [4.78, 5) is 19.2. The van der Waals surface area contributed by atoms with Gasteiger partial charge in [-0.15, -0.1) is 0 Å². The van der Waals surface area contributed by atoms with E-state index in [9.17, 15) is 13.6 Å². The number of aliphatic imine (C=N–C) groups is 1. The lowest BCUT2D eigenvalue weighted by Gasteiger charge is -2.32. The van der Waals surface area contributed by atoms with Crippen molar-refractivity contribution in [3.8, 4) is 0 Å². The van der Waals surface area contributed by atoms with Crippen LogP contribution in [0, 0.1) is 11.6 Å². The summed E-state index contributed by atoms with van der Waals surface area (Å²) in [6.45, 7) is 3.99. The Morgan fingerprint density at radius 2 is 1.93 bits per heavy atom. The van der Waals surface area contributed by atoms with Crippen molar-refractivity contribution in [2.24, 2.45) is 10.7 Å². The van der Waals surface area contributed by atoms with Gasteiger partial charge in [0.2, 0.25) is 0 Å². The SMILES string of the molecule is CCNC(=NCC(c1c(F)cccc1F)N(C)C)NC1CCN(C(N)=O)CC1. The first-order valence-corrected chi connectivity index (χ1v) is 9.53. The number of guanidine groups is 1. The lowest BCUT2D eigenvalue weighted by atomic mass is 10.0. The molecule has 1 saturated heterocycles. The summed E-state index contributed by atoms with van der Waals surface area (Å²) in [5.41, 5.74) is 5.33. The van der Waals surface area contributed by atoms with Gasteiger partial charge in [-0.05, 0) is 46.0 Å². The number of nitrogens with two attached hydrogens (primary N) is 1. The molecule has 2 amide bonds. The van der Waals surface area contributed by atoms with E-state index in [2.05, 4.69) is 15.6 Å². The molecule has 0 saturated carbocycles. The molecule has 7 nitrogen and oxygen atoms in total. The number of likely N-dealkylation sites (N-methyl/N-ethyl adjacent to an activating group) is 1. The molecule has 0 aliphatic carbocycles. The third-order valence-electron chi connectivity index (χ3n) is 4.87. The second-order valence-electron chi connectivity index (χ2n) is 7.08. The highest BCUT2D eigenvalue weighted by atomic mass is 19.1. The molecular formula is C19H30F2N6O. The summed E-state index contributed by atoms with van der Waals surface area (Å²) in [5, 5.41) is 6.51. The number of primary amides is 1. The van der Waals surface area contributed by atoms with Gasteiger partial charge in [0.15, 0.2) is 5.96 Å². The van der Waals surface area contributed by atoms with Crippen LogP contribution in [0.2, 0.25) is 0 Å². The van der Waals surface area contributed by atoms with Gasteiger partial charge in [-0.25, -0.2) is 13.6 Å². The Labute approximate surface area is 165 Å². The Balaban J connectivity index is 2.08. The van der Waals surface area contributed by atoms with Gasteiger partial charge in [0.05, 0.1) is 12.6 Å². The van der Waals surface area contributed by atoms with E-state index in [-0.39, 0.29) is 18.2 Å². The van der Waals surface area contributed by atoms with Crippen molar-refractivity contribution < 1.29 is 13.6 Å². The highest BCUT2D eigenvalue weighted by molar-refractivity contribution is 5.80. The standard InChI is InChI=1S/C19H30F2N6O/c1-4-23-19(25-13-8-10-27(11-9-13)18(22)28)24-12-16(26(2)3)17-14(20)6-5-7-15(17)21/h5-7,13,16H,4,8-12H2,1-3H3,(H2,22,28)(H2,23,24,25). The molecule has 1 aromatic carbocycles. The van der Waals surface area contributed by atoms with Crippen LogP contribution in [0.1, 0.15) is 31.4 Å². The molecule has 1 aliphatic heterocycles. The zero-order valence-corrected chi connectivity index (χ0v) is 16.7. The maximum atomic E-state index is 14.2. The maximum Gasteiger partial charge on any atom is 0.314 e. The first kappa shape index (κ1) is 21.9. The van der Waals surface area contributed by atoms with Crippen LogP contribution in [0.3, 0.4) is 0 Å². The second-order valence-corrected chi connectivity index (χ2v) is 7.08. The molecule has 1 aliphatic rings. The number of likely N-dealkylation sites (tertiary alicyclic amines) is 1. The molecule has 1 fully saturated rings. The zero-order valence-electron chi connectivity index (χ0n) is 16.7. The molecule has 1 unspecified atom stereocenters. The van der Waals surface area contributed by atoms with E-state index < -0.39 is 23.7 Å². The van der Waals surface area contributed by atoms with Gasteiger partial charge in [0.25, 0.3) is 0 Å². The van der Waals surface area contributed by atoms with Gasteiger partial charge in [0, 0.05) is 31.2 Å². The maximum absolute atomic E-state index is 14.2. The summed E-state index contributed by atoms with van der Waals surface area (Å²) in [6, 6.07) is 3.08. The molecule has 1 atom stereocenters. The molecular weight excluding hydrogens is 366 g/mol. The first-order valence-electron chi connectivity index (χ1n) is 9.53. The number of hydrogen-bond acceptors (Lipinski definition) is 3. The van der Waals surface area contributed by atoms with E-state index in [1.54, 1.807) is 23.9 Å². The molecule has 0 aromatic heterocycles. The number of nitrogens with zero attached hydrogens (tertiary/aromatic N) is 3. The fraction of sp³-hybridized carbons (Fsp3) is 0.579. The minimum absolute atomic E-state index is 0.0156. The Morgan fingerprint density at radius 3 is 2.43 bits per heavy atom. The van der Waals surface area contributed by atoms with Crippen LogP contribution in [-0.2, 0) is 0 Å². The molecule has 4 N–H and O–H groups in total. The number of halogens is 2. The fourth-order valence-electron chi connectivity index (χ4n) is 3.28. The average molecular weight is 396 g/mol. The van der Waals surface area contributed by atoms with Gasteiger partial charge >= 0.3 is 6.03 Å². The first-order chi connectivity index (χ1) is 13.3. The van der Waals surface area contributed by atoms with Gasteiger partial charge in [0.1, 0.15) is 11.6 Å². The molecule has 0 radical (unpaired) electrons. The van der Waals surface area contributed by atoms with E-state index in [1.165, 1.54) is 18.2 Å². The molecule has 156 valence electrons. The number of benzene rings is 1. The van der Waals surface area contributed by atoms with Crippen LogP contribution in [0.15, 0.2) is 23.2 Å². The lowest BCUT2D eigenvalue weighted by Crippen LogP contribution is -2.50. The fourth-order valence-corrected chi connectivity index (χ4v) is 3.28. The van der Waals surface area contributed by atoms with Crippen molar-refractivity contribution in [2.75, 3.05) is 40.3 Å². The van der Waals surface area contributed by atoms with Crippen LogP contribution in [0.4, 0.5) is 13.6 Å². The number of hydrogen-bond donors (Lipinski definition) is 3. The third kappa shape index (κ3) is 5.79. The van der Waals surface area contributed by atoms with Crippen molar-refractivity contribution in [2.45, 2.75) is 31.8 Å². The van der Waals surface area contributed by atoms with Gasteiger partial charge in [-0.2, -0.15) is 0 Å². The summed E-state index contributed by atoms with van der Waals surface area (Å²) in [6.07, 6.45) is 1.51. The van der Waals surface area contributed by atoms with Crippen LogP contribution < -0.4 is 16.4 Å². The summed E-state index contributed by atoms with van der Waals surface area (Å²) in [5.74, 6) is -0.569. The molecule has 1 aromatic rings. The van der Waals surface area contributed by atoms with E-state index in [1.807, 2.05) is 6.92 Å². The second kappa shape index (κ2) is 10.2. The molecule has 2 rings (SSSR count). The van der Waals surface area contributed by atoms with Crippen LogP contribution in [0.5, 0.6) is 0 Å². The summed E-state index contributed by atoms with van der Waals surface area (Å²) in [7, 11) is 3.54. The Morgan fingerprint density at radius 1 is 1.32 bits per heavy atom. The smallest absolute Gasteiger partial charge is 0.314 e. The van der Waals surface area contributed by atoms with Gasteiger partial charge in [-0.1, -0.05) is 6.07 Å². The monoisotopic (exact) mass is 396 g/mol. The minimum Gasteiger partial charge on any atom is -0.357 e. The number of nitrogens with one attached hydrogen (secondary N) is 2. The van der Waals surface area contributed by atoms with Crippen molar-refractivity contribution >= 4 is 12.0 Å². The van der Waals surface area contributed by atoms with Crippen LogP contribution >= 0.6 is 0 Å². The summed E-state index contributed by atoms with van der Waals surface area (Å²) >= 11 is 0. The van der Waals surface area contributed by atoms with Gasteiger partial charge < -0.3 is 26.2 Å². The number of rotatable bonds is 6. The van der Waals surface area contributed by atoms with Crippen LogP contribution in [-0.4, -0.2) is 68.1 Å². The Bertz CT molecular complexity index is 669. The van der Waals surface area contributed by atoms with E-state index in [0.29, 0.717) is 25.6 Å². The number of carbonyl (C=O) groups excluding carboxylic acids is 1. The van der Waals surface area contributed by atoms with E-state index in [0.717, 1.165) is 12.8 Å². The molecule has 1 heterocycles. The normalized spacial score (nSPS) is 16.9. The molecule has 28 heavy (non-hydrogen) atoms. The molecule has 9 heteroatoms. The largest absolute Gasteiger partial charge is 0.357 e. The van der Waals surface area contributed by atoms with Crippen molar-refractivity contribution in [1.29, 1.82) is 0 Å². The quantitative estimate of drug-likeness (QED) is 0.504. The minimum atomic E-state index is -0.578. The summed E-state index contributed by atoms with van der Waals surface area (Å²) < 4.78 is 28.4. The van der Waals surface area contributed by atoms with Crippen molar-refractivity contribution in [3.63, 3.8) is 0 Å². The number of amides is 2. The molecule has 0 bridgehead atoms. The Hall–Kier alpha value is -2.42. The predicted molar refractivity (Wildman–Crippen MR) is 106 cm³/mol. The zero-order chi connectivity index (χ0) is 20.7. The topological polar surface area (TPSA) is 86.0 Å². The Kier molecular flexibility index (Phi) is 7.98. The highest BCUT2D eigenvalue weighted by Gasteiger charge is 2.24. The molecule has 0 spiro atoms. The number of piperidine rings is 1. The van der Waals surface area contributed by atoms with E-state index in [4.69, 9.17) is 5.73 Å². The predicted octanol–water partition coefficient (Wildman–Crippen LogP) is 1.67.